The maximum absolute atomic E-state index is 13.4. The van der Waals surface area contributed by atoms with Crippen molar-refractivity contribution in [2.45, 2.75) is 57.2 Å². The van der Waals surface area contributed by atoms with Gasteiger partial charge in [0.15, 0.2) is 5.69 Å². The predicted octanol–water partition coefficient (Wildman–Crippen LogP) is 2.00. The van der Waals surface area contributed by atoms with Crippen molar-refractivity contribution in [2.24, 2.45) is 0 Å². The van der Waals surface area contributed by atoms with Crippen molar-refractivity contribution < 1.29 is 14.7 Å². The molecule has 2 aromatic rings. The highest BCUT2D eigenvalue weighted by molar-refractivity contribution is 5.98. The van der Waals surface area contributed by atoms with E-state index in [0.29, 0.717) is 12.2 Å². The Hall–Kier alpha value is -2.67. The molecule has 2 amide bonds. The molecule has 4 rings (SSSR count). The molecule has 0 bridgehead atoms. The number of aliphatic hydroxyl groups is 1. The van der Waals surface area contributed by atoms with Crippen molar-refractivity contribution in [1.29, 1.82) is 0 Å². The van der Waals surface area contributed by atoms with Crippen LogP contribution in [0.4, 0.5) is 0 Å². The summed E-state index contributed by atoms with van der Waals surface area (Å²) < 4.78 is 1.45. The lowest BCUT2D eigenvalue weighted by molar-refractivity contribution is 0.0628. The van der Waals surface area contributed by atoms with Crippen LogP contribution in [-0.2, 0) is 13.0 Å². The van der Waals surface area contributed by atoms with E-state index in [2.05, 4.69) is 22.5 Å². The number of hydrogen-bond donors (Lipinski definition) is 2. The van der Waals surface area contributed by atoms with E-state index in [0.717, 1.165) is 32.1 Å². The third kappa shape index (κ3) is 4.50. The van der Waals surface area contributed by atoms with Gasteiger partial charge in [-0.15, -0.1) is 0 Å². The van der Waals surface area contributed by atoms with Crippen molar-refractivity contribution in [2.75, 3.05) is 13.1 Å². The van der Waals surface area contributed by atoms with Crippen LogP contribution in [0.25, 0.3) is 0 Å². The number of hydrogen-bond acceptors (Lipinski definition) is 4. The van der Waals surface area contributed by atoms with Crippen molar-refractivity contribution >= 4 is 11.8 Å². The Balaban J connectivity index is 1.56. The molecular weight excluding hydrogens is 368 g/mol. The maximum Gasteiger partial charge on any atom is 0.274 e. The summed E-state index contributed by atoms with van der Waals surface area (Å²) in [5.41, 5.74) is 1.81. The summed E-state index contributed by atoms with van der Waals surface area (Å²) in [5.74, 6) is -0.433. The fourth-order valence-electron chi connectivity index (χ4n) is 4.29. The van der Waals surface area contributed by atoms with E-state index in [4.69, 9.17) is 0 Å². The van der Waals surface area contributed by atoms with Gasteiger partial charge in [0.2, 0.25) is 0 Å². The number of rotatable bonds is 5. The number of β-amino-alcohol motifs (C(OH)–C–C–N with tert-alkyl or cyclic N) is 1. The van der Waals surface area contributed by atoms with Crippen molar-refractivity contribution in [3.8, 4) is 0 Å². The van der Waals surface area contributed by atoms with Crippen LogP contribution < -0.4 is 5.32 Å². The quantitative estimate of drug-likeness (QED) is 0.809. The first kappa shape index (κ1) is 19.6. The van der Waals surface area contributed by atoms with Gasteiger partial charge in [-0.3, -0.25) is 14.3 Å². The highest BCUT2D eigenvalue weighted by atomic mass is 16.3. The molecule has 1 aliphatic heterocycles. The summed E-state index contributed by atoms with van der Waals surface area (Å²) in [6, 6.07) is 11.9. The van der Waals surface area contributed by atoms with E-state index in [-0.39, 0.29) is 36.6 Å². The van der Waals surface area contributed by atoms with Crippen molar-refractivity contribution in [1.82, 2.24) is 20.0 Å². The molecule has 1 saturated carbocycles. The first-order valence-corrected chi connectivity index (χ1v) is 10.5. The van der Waals surface area contributed by atoms with E-state index in [1.165, 1.54) is 16.7 Å². The van der Waals surface area contributed by atoms with Crippen LogP contribution >= 0.6 is 0 Å². The Morgan fingerprint density at radius 3 is 2.72 bits per heavy atom. The van der Waals surface area contributed by atoms with Gasteiger partial charge < -0.3 is 15.3 Å². The van der Waals surface area contributed by atoms with E-state index in [1.807, 2.05) is 23.1 Å². The summed E-state index contributed by atoms with van der Waals surface area (Å²) >= 11 is 0. The van der Waals surface area contributed by atoms with E-state index >= 15 is 0 Å². The number of aliphatic hydroxyl groups excluding tert-OH is 1. The smallest absolute Gasteiger partial charge is 0.274 e. The average Bonchev–Trinajstić information content (AvgIpc) is 3.12. The van der Waals surface area contributed by atoms with Crippen LogP contribution in [-0.4, -0.2) is 56.8 Å². The summed E-state index contributed by atoms with van der Waals surface area (Å²) in [4.78, 5) is 27.6. The average molecular weight is 396 g/mol. The Morgan fingerprint density at radius 1 is 1.21 bits per heavy atom. The number of benzene rings is 1. The maximum atomic E-state index is 13.4. The van der Waals surface area contributed by atoms with E-state index in [1.54, 1.807) is 6.07 Å². The second-order valence-corrected chi connectivity index (χ2v) is 7.99. The molecule has 1 aromatic heterocycles. The van der Waals surface area contributed by atoms with Crippen LogP contribution in [0.1, 0.15) is 58.6 Å². The first-order chi connectivity index (χ1) is 14.1. The molecule has 0 unspecified atom stereocenters. The number of carbonyl (C=O) groups excluding carboxylic acids is 2. The normalized spacial score (nSPS) is 19.9. The zero-order valence-corrected chi connectivity index (χ0v) is 16.6. The van der Waals surface area contributed by atoms with Gasteiger partial charge >= 0.3 is 0 Å². The molecule has 0 radical (unpaired) electrons. The molecule has 1 fully saturated rings. The van der Waals surface area contributed by atoms with E-state index in [9.17, 15) is 14.7 Å². The number of amides is 2. The topological polar surface area (TPSA) is 87.5 Å². The second-order valence-electron chi connectivity index (χ2n) is 7.99. The molecule has 154 valence electrons. The molecule has 0 spiro atoms. The molecule has 1 atom stereocenters. The molecule has 2 N–H and O–H groups in total. The minimum absolute atomic E-state index is 0.129. The molecule has 2 aliphatic rings. The second kappa shape index (κ2) is 8.78. The Labute approximate surface area is 170 Å². The first-order valence-electron chi connectivity index (χ1n) is 10.5. The van der Waals surface area contributed by atoms with Crippen LogP contribution in [0.2, 0.25) is 0 Å². The van der Waals surface area contributed by atoms with Gasteiger partial charge in [-0.1, -0.05) is 49.6 Å². The highest BCUT2D eigenvalue weighted by Crippen LogP contribution is 2.25. The predicted molar refractivity (Wildman–Crippen MR) is 109 cm³/mol. The van der Waals surface area contributed by atoms with Gasteiger partial charge in [0.1, 0.15) is 5.69 Å². The zero-order valence-electron chi connectivity index (χ0n) is 16.6. The SMILES string of the molecule is O=C1NC[C@H](O)Cn2nc(C(=O)N(CCc3ccccc3)C3CCCCC3)cc21. The standard InChI is InChI=1S/C22H28N4O3/c27-18-14-23-21(28)20-13-19(24-26(20)15-18)22(29)25(17-9-5-2-6-10-17)12-11-16-7-3-1-4-8-16/h1,3-4,7-8,13,17-18,27H,2,5-6,9-12,14-15H2,(H,23,28)/t18-/m0/s1. The van der Waals surface area contributed by atoms with Crippen LogP contribution in [0.3, 0.4) is 0 Å². The summed E-state index contributed by atoms with van der Waals surface area (Å²) in [6.45, 7) is 1.02. The Bertz CT molecular complexity index is 858. The summed E-state index contributed by atoms with van der Waals surface area (Å²) in [5, 5.41) is 17.0. The molecule has 1 aliphatic carbocycles. The molecule has 29 heavy (non-hydrogen) atoms. The fraction of sp³-hybridized carbons (Fsp3) is 0.500. The zero-order chi connectivity index (χ0) is 20.2. The van der Waals surface area contributed by atoms with Crippen LogP contribution in [0.5, 0.6) is 0 Å². The summed E-state index contributed by atoms with van der Waals surface area (Å²) in [7, 11) is 0. The Kier molecular flexibility index (Phi) is 5.94. The van der Waals surface area contributed by atoms with Gasteiger partial charge in [0.25, 0.3) is 11.8 Å². The molecule has 7 heteroatoms. The van der Waals surface area contributed by atoms with Gasteiger partial charge in [0.05, 0.1) is 12.6 Å². The van der Waals surface area contributed by atoms with Gasteiger partial charge in [0, 0.05) is 25.2 Å². The third-order valence-corrected chi connectivity index (χ3v) is 5.87. The van der Waals surface area contributed by atoms with Crippen molar-refractivity contribution in [3.63, 3.8) is 0 Å². The monoisotopic (exact) mass is 396 g/mol. The number of fused-ring (bicyclic) bond motifs is 1. The lowest BCUT2D eigenvalue weighted by atomic mass is 9.93. The number of nitrogens with zero attached hydrogens (tertiary/aromatic N) is 3. The number of carbonyl (C=O) groups is 2. The van der Waals surface area contributed by atoms with Crippen molar-refractivity contribution in [3.05, 3.63) is 53.3 Å². The molecule has 0 saturated heterocycles. The number of nitrogens with one attached hydrogen (secondary N) is 1. The van der Waals surface area contributed by atoms with Gasteiger partial charge in [-0.2, -0.15) is 5.10 Å². The fourth-order valence-corrected chi connectivity index (χ4v) is 4.29. The van der Waals surface area contributed by atoms with Crippen LogP contribution in [0, 0.1) is 0 Å². The van der Waals surface area contributed by atoms with Gasteiger partial charge in [-0.05, 0) is 24.8 Å². The minimum atomic E-state index is -0.712. The molecular formula is C22H28N4O3. The highest BCUT2D eigenvalue weighted by Gasteiger charge is 2.30. The third-order valence-electron chi connectivity index (χ3n) is 5.87. The molecule has 1 aromatic carbocycles. The lowest BCUT2D eigenvalue weighted by Crippen LogP contribution is -2.43. The number of aromatic nitrogens is 2. The summed E-state index contributed by atoms with van der Waals surface area (Å²) in [6.07, 6.45) is 5.57. The Morgan fingerprint density at radius 2 is 1.97 bits per heavy atom. The lowest BCUT2D eigenvalue weighted by Gasteiger charge is -2.34. The van der Waals surface area contributed by atoms with E-state index < -0.39 is 6.10 Å². The largest absolute Gasteiger partial charge is 0.389 e. The minimum Gasteiger partial charge on any atom is -0.389 e. The van der Waals surface area contributed by atoms with Gasteiger partial charge in [-0.25, -0.2) is 0 Å². The molecule has 2 heterocycles. The van der Waals surface area contributed by atoms with Crippen LogP contribution in [0.15, 0.2) is 36.4 Å². The molecule has 7 nitrogen and oxygen atoms in total.